The first-order valence-corrected chi connectivity index (χ1v) is 7.83. The maximum absolute atomic E-state index is 5.88. The summed E-state index contributed by atoms with van der Waals surface area (Å²) in [4.78, 5) is 7.58. The highest BCUT2D eigenvalue weighted by Gasteiger charge is 2.29. The van der Waals surface area contributed by atoms with Crippen molar-refractivity contribution in [3.63, 3.8) is 0 Å². The van der Waals surface area contributed by atoms with Gasteiger partial charge in [0.1, 0.15) is 5.82 Å². The predicted octanol–water partition coefficient (Wildman–Crippen LogP) is 3.91. The lowest BCUT2D eigenvalue weighted by Crippen LogP contribution is -2.03. The van der Waals surface area contributed by atoms with Crippen LogP contribution in [-0.2, 0) is 6.54 Å². The summed E-state index contributed by atoms with van der Waals surface area (Å²) in [6, 6.07) is 10.5. The molecule has 20 heavy (non-hydrogen) atoms. The molecule has 3 nitrogen and oxygen atoms in total. The number of imidazole rings is 1. The number of anilines is 1. The molecule has 0 unspecified atom stereocenters. The third-order valence-corrected chi connectivity index (χ3v) is 4.84. The van der Waals surface area contributed by atoms with Crippen LogP contribution in [0.25, 0.3) is 11.0 Å². The van der Waals surface area contributed by atoms with Gasteiger partial charge in [-0.2, -0.15) is 0 Å². The Balaban J connectivity index is 1.84. The molecule has 2 heterocycles. The molecule has 0 aliphatic heterocycles. The lowest BCUT2D eigenvalue weighted by atomic mass is 10.3. The van der Waals surface area contributed by atoms with E-state index in [0.29, 0.717) is 5.92 Å². The lowest BCUT2D eigenvalue weighted by molar-refractivity contribution is 0.755. The minimum absolute atomic E-state index is 0.643. The van der Waals surface area contributed by atoms with Gasteiger partial charge in [0.2, 0.25) is 0 Å². The summed E-state index contributed by atoms with van der Waals surface area (Å²) in [5.74, 6) is 1.88. The molecule has 2 aromatic heterocycles. The summed E-state index contributed by atoms with van der Waals surface area (Å²) in [7, 11) is 0. The van der Waals surface area contributed by atoms with E-state index >= 15 is 0 Å². The fourth-order valence-corrected chi connectivity index (χ4v) is 3.59. The smallest absolute Gasteiger partial charge is 0.113 e. The number of benzene rings is 1. The minimum Gasteiger partial charge on any atom is -0.399 e. The Labute approximate surface area is 122 Å². The average Bonchev–Trinajstić information content (AvgIpc) is 3.10. The molecule has 0 spiro atoms. The Morgan fingerprint density at radius 3 is 2.85 bits per heavy atom. The number of nitrogens with zero attached hydrogens (tertiary/aromatic N) is 2. The molecule has 102 valence electrons. The first kappa shape index (κ1) is 12.0. The van der Waals surface area contributed by atoms with E-state index < -0.39 is 0 Å². The van der Waals surface area contributed by atoms with Gasteiger partial charge < -0.3 is 10.3 Å². The number of nitrogen functional groups attached to an aromatic ring is 1. The number of hydrogen-bond donors (Lipinski definition) is 1. The molecular formula is C16H17N3S. The van der Waals surface area contributed by atoms with Crippen molar-refractivity contribution in [3.05, 3.63) is 45.9 Å². The zero-order valence-electron chi connectivity index (χ0n) is 11.5. The van der Waals surface area contributed by atoms with Crippen LogP contribution in [0.15, 0.2) is 30.3 Å². The zero-order valence-corrected chi connectivity index (χ0v) is 12.3. The maximum Gasteiger partial charge on any atom is 0.113 e. The first-order valence-electron chi connectivity index (χ1n) is 7.02. The largest absolute Gasteiger partial charge is 0.399 e. The topological polar surface area (TPSA) is 43.8 Å². The molecule has 0 atom stereocenters. The Kier molecular flexibility index (Phi) is 2.60. The van der Waals surface area contributed by atoms with Gasteiger partial charge in [0.05, 0.1) is 17.6 Å². The van der Waals surface area contributed by atoms with E-state index in [2.05, 4.69) is 29.7 Å². The van der Waals surface area contributed by atoms with Crippen molar-refractivity contribution in [1.29, 1.82) is 0 Å². The van der Waals surface area contributed by atoms with Crippen LogP contribution in [-0.4, -0.2) is 9.55 Å². The van der Waals surface area contributed by atoms with Crippen LogP contribution in [0.2, 0.25) is 0 Å². The van der Waals surface area contributed by atoms with Gasteiger partial charge in [-0.25, -0.2) is 4.98 Å². The normalized spacial score (nSPS) is 15.1. The molecule has 1 saturated carbocycles. The van der Waals surface area contributed by atoms with E-state index in [4.69, 9.17) is 10.7 Å². The van der Waals surface area contributed by atoms with Gasteiger partial charge in [-0.3, -0.25) is 0 Å². The van der Waals surface area contributed by atoms with E-state index in [9.17, 15) is 0 Å². The number of nitrogens with two attached hydrogens (primary N) is 1. The molecule has 3 aromatic rings. The monoisotopic (exact) mass is 283 g/mol. The van der Waals surface area contributed by atoms with Gasteiger partial charge in [0.25, 0.3) is 0 Å². The number of fused-ring (bicyclic) bond motifs is 1. The van der Waals surface area contributed by atoms with Crippen LogP contribution in [0, 0.1) is 6.92 Å². The molecule has 1 aliphatic carbocycles. The number of hydrogen-bond acceptors (Lipinski definition) is 3. The summed E-state index contributed by atoms with van der Waals surface area (Å²) in [5.41, 5.74) is 8.90. The van der Waals surface area contributed by atoms with E-state index in [-0.39, 0.29) is 0 Å². The SMILES string of the molecule is Cc1ccc(Cn2c(C3CC3)nc3cc(N)ccc32)s1. The lowest BCUT2D eigenvalue weighted by Gasteiger charge is -2.07. The Morgan fingerprint density at radius 1 is 1.30 bits per heavy atom. The first-order chi connectivity index (χ1) is 9.70. The van der Waals surface area contributed by atoms with Crippen LogP contribution < -0.4 is 5.73 Å². The molecule has 2 N–H and O–H groups in total. The molecule has 4 heteroatoms. The van der Waals surface area contributed by atoms with Crippen molar-refractivity contribution in [3.8, 4) is 0 Å². The number of thiophene rings is 1. The fourth-order valence-electron chi connectivity index (χ4n) is 2.71. The van der Waals surface area contributed by atoms with Gasteiger partial charge in [-0.05, 0) is 50.1 Å². The van der Waals surface area contributed by atoms with Gasteiger partial charge in [-0.15, -0.1) is 11.3 Å². The fraction of sp³-hybridized carbons (Fsp3) is 0.312. The zero-order chi connectivity index (χ0) is 13.7. The molecule has 4 rings (SSSR count). The highest BCUT2D eigenvalue weighted by molar-refractivity contribution is 7.11. The summed E-state index contributed by atoms with van der Waals surface area (Å²) in [6.07, 6.45) is 2.53. The molecule has 0 radical (unpaired) electrons. The van der Waals surface area contributed by atoms with E-state index in [1.807, 2.05) is 23.5 Å². The second kappa shape index (κ2) is 4.35. The number of rotatable bonds is 3. The van der Waals surface area contributed by atoms with E-state index in [1.165, 1.54) is 33.9 Å². The Morgan fingerprint density at radius 2 is 2.15 bits per heavy atom. The highest BCUT2D eigenvalue weighted by atomic mass is 32.1. The van der Waals surface area contributed by atoms with Crippen molar-refractivity contribution < 1.29 is 0 Å². The molecule has 0 amide bonds. The third kappa shape index (κ3) is 2.00. The molecule has 1 aliphatic rings. The van der Waals surface area contributed by atoms with Gasteiger partial charge in [-0.1, -0.05) is 0 Å². The van der Waals surface area contributed by atoms with Crippen LogP contribution in [0.3, 0.4) is 0 Å². The predicted molar refractivity (Wildman–Crippen MR) is 84.3 cm³/mol. The quantitative estimate of drug-likeness (QED) is 0.740. The van der Waals surface area contributed by atoms with Gasteiger partial charge in [0.15, 0.2) is 0 Å². The molecular weight excluding hydrogens is 266 g/mol. The summed E-state index contributed by atoms with van der Waals surface area (Å²) < 4.78 is 2.37. The van der Waals surface area contributed by atoms with Crippen LogP contribution in [0.4, 0.5) is 5.69 Å². The Bertz CT molecular complexity index is 780. The van der Waals surface area contributed by atoms with Gasteiger partial charge >= 0.3 is 0 Å². The molecule has 0 saturated heterocycles. The second-order valence-corrected chi connectivity index (χ2v) is 6.96. The summed E-state index contributed by atoms with van der Waals surface area (Å²) in [5, 5.41) is 0. The van der Waals surface area contributed by atoms with Crippen molar-refractivity contribution in [2.24, 2.45) is 0 Å². The van der Waals surface area contributed by atoms with Crippen LogP contribution in [0.5, 0.6) is 0 Å². The maximum atomic E-state index is 5.88. The number of aryl methyl sites for hydroxylation is 1. The molecule has 0 bridgehead atoms. The van der Waals surface area contributed by atoms with Crippen molar-refractivity contribution in [2.75, 3.05) is 5.73 Å². The minimum atomic E-state index is 0.643. The summed E-state index contributed by atoms with van der Waals surface area (Å²) >= 11 is 1.87. The third-order valence-electron chi connectivity index (χ3n) is 3.85. The summed E-state index contributed by atoms with van der Waals surface area (Å²) in [6.45, 7) is 3.08. The van der Waals surface area contributed by atoms with Crippen LogP contribution >= 0.6 is 11.3 Å². The highest BCUT2D eigenvalue weighted by Crippen LogP contribution is 2.41. The van der Waals surface area contributed by atoms with Gasteiger partial charge in [0, 0.05) is 21.4 Å². The van der Waals surface area contributed by atoms with Crippen LogP contribution in [0.1, 0.15) is 34.3 Å². The Hall–Kier alpha value is -1.81. The molecule has 1 aromatic carbocycles. The average molecular weight is 283 g/mol. The molecule has 1 fully saturated rings. The van der Waals surface area contributed by atoms with E-state index in [1.54, 1.807) is 0 Å². The second-order valence-electron chi connectivity index (χ2n) is 5.59. The number of aromatic nitrogens is 2. The van der Waals surface area contributed by atoms with Crippen molar-refractivity contribution in [1.82, 2.24) is 9.55 Å². The van der Waals surface area contributed by atoms with Crippen molar-refractivity contribution in [2.45, 2.75) is 32.2 Å². The van der Waals surface area contributed by atoms with E-state index in [0.717, 1.165) is 17.7 Å². The standard InChI is InChI=1S/C16H17N3S/c1-10-2-6-13(20-10)9-19-15-7-5-12(17)8-14(15)18-16(19)11-3-4-11/h2,5-8,11H,3-4,9,17H2,1H3. The van der Waals surface area contributed by atoms with Crippen molar-refractivity contribution >= 4 is 28.1 Å².